The number of rotatable bonds is 3. The largest absolute Gasteiger partial charge is 0.370 e. The van der Waals surface area contributed by atoms with Gasteiger partial charge in [-0.25, -0.2) is 4.68 Å². The van der Waals surface area contributed by atoms with Crippen molar-refractivity contribution in [1.82, 2.24) is 24.9 Å². The van der Waals surface area contributed by atoms with Crippen molar-refractivity contribution in [2.24, 2.45) is 5.41 Å². The number of benzene rings is 1. The maximum Gasteiger partial charge on any atom is 0.220 e. The lowest BCUT2D eigenvalue weighted by Gasteiger charge is -2.24. The molecule has 7 nitrogen and oxygen atoms in total. The van der Waals surface area contributed by atoms with Crippen molar-refractivity contribution >= 4 is 34.1 Å². The second-order valence-electron chi connectivity index (χ2n) is 8.45. The Morgan fingerprint density at radius 2 is 2.11 bits per heavy atom. The summed E-state index contributed by atoms with van der Waals surface area (Å²) in [5.74, 6) is 0.161. The summed E-state index contributed by atoms with van der Waals surface area (Å²) in [6.45, 7) is 2.53. The monoisotopic (exact) mass is 396 g/mol. The zero-order chi connectivity index (χ0) is 18.9. The summed E-state index contributed by atoms with van der Waals surface area (Å²) in [4.78, 5) is 14.0. The van der Waals surface area contributed by atoms with Crippen molar-refractivity contribution in [2.45, 2.75) is 31.7 Å². The molecule has 1 aromatic carbocycles. The molecule has 2 saturated heterocycles. The van der Waals surface area contributed by atoms with Gasteiger partial charge in [0.05, 0.1) is 40.9 Å². The number of nitrogens with zero attached hydrogens (tertiary/aromatic N) is 5. The van der Waals surface area contributed by atoms with Crippen molar-refractivity contribution < 1.29 is 4.79 Å². The predicted molar refractivity (Wildman–Crippen MR) is 107 cm³/mol. The zero-order valence-electron chi connectivity index (χ0n) is 15.4. The molecule has 8 heteroatoms. The number of fused-ring (bicyclic) bond motifs is 1. The lowest BCUT2D eigenvalue weighted by molar-refractivity contribution is -0.119. The number of anilines is 1. The molecule has 3 aromatic rings. The van der Waals surface area contributed by atoms with Gasteiger partial charge in [0, 0.05) is 36.9 Å². The number of hydrogen-bond donors (Lipinski definition) is 1. The average Bonchev–Trinajstić information content (AvgIpc) is 3.03. The van der Waals surface area contributed by atoms with Crippen LogP contribution < -0.4 is 10.2 Å². The smallest absolute Gasteiger partial charge is 0.220 e. The fraction of sp³-hybridized carbons (Fsp3) is 0.450. The Hall–Kier alpha value is -2.54. The molecule has 144 valence electrons. The minimum atomic E-state index is 0.0427. The molecular weight excluding hydrogens is 376 g/mol. The number of amides is 1. The summed E-state index contributed by atoms with van der Waals surface area (Å²) in [6.07, 6.45) is 9.82. The Morgan fingerprint density at radius 1 is 1.21 bits per heavy atom. The third-order valence-corrected chi connectivity index (χ3v) is 6.67. The van der Waals surface area contributed by atoms with Crippen LogP contribution in [0, 0.1) is 5.41 Å². The maximum atomic E-state index is 11.7. The highest BCUT2D eigenvalue weighted by Gasteiger charge is 2.44. The van der Waals surface area contributed by atoms with Gasteiger partial charge in [0.15, 0.2) is 0 Å². The molecule has 2 aliphatic heterocycles. The molecule has 2 aromatic heterocycles. The minimum Gasteiger partial charge on any atom is -0.370 e. The molecule has 1 aliphatic carbocycles. The second-order valence-corrected chi connectivity index (χ2v) is 8.86. The molecule has 1 atom stereocenters. The topological polar surface area (TPSA) is 68.0 Å². The molecule has 3 aliphatic rings. The summed E-state index contributed by atoms with van der Waals surface area (Å²) in [7, 11) is 0. The van der Waals surface area contributed by atoms with Crippen LogP contribution in [0.25, 0.3) is 16.6 Å². The van der Waals surface area contributed by atoms with E-state index in [4.69, 9.17) is 11.6 Å². The van der Waals surface area contributed by atoms with Gasteiger partial charge in [-0.15, -0.1) is 0 Å². The standard InChI is InChI=1S/C20H21ClN6O/c21-16-5-13-8-24-27(15-9-23-26(10-15)14-1-2-14)17(13)6-18(16)25-4-3-20(12-25)7-19(28)22-11-20/h5-6,8-10,14H,1-4,7,11-12H2,(H,22,28). The van der Waals surface area contributed by atoms with Gasteiger partial charge in [0.1, 0.15) is 5.69 Å². The van der Waals surface area contributed by atoms with Gasteiger partial charge in [0.2, 0.25) is 5.91 Å². The SMILES string of the molecule is O=C1CC2(CCN(c3cc4c(cnn4-c4cnn(C5CC5)c4)cc3Cl)C2)CN1. The van der Waals surface area contributed by atoms with Gasteiger partial charge in [-0.3, -0.25) is 9.48 Å². The highest BCUT2D eigenvalue weighted by Crippen LogP contribution is 2.42. The molecule has 28 heavy (non-hydrogen) atoms. The lowest BCUT2D eigenvalue weighted by atomic mass is 9.86. The first-order valence-corrected chi connectivity index (χ1v) is 10.2. The quantitative estimate of drug-likeness (QED) is 0.739. The summed E-state index contributed by atoms with van der Waals surface area (Å²) in [5, 5.41) is 13.8. The van der Waals surface area contributed by atoms with Crippen LogP contribution in [0.5, 0.6) is 0 Å². The molecule has 1 spiro atoms. The summed E-state index contributed by atoms with van der Waals surface area (Å²) >= 11 is 6.64. The normalized spacial score (nSPS) is 24.6. The molecule has 4 heterocycles. The molecule has 1 unspecified atom stereocenters. The first-order chi connectivity index (χ1) is 13.6. The maximum absolute atomic E-state index is 11.7. The van der Waals surface area contributed by atoms with E-state index in [1.165, 1.54) is 12.8 Å². The van der Waals surface area contributed by atoms with Crippen LogP contribution in [-0.4, -0.2) is 45.1 Å². The molecule has 3 fully saturated rings. The highest BCUT2D eigenvalue weighted by atomic mass is 35.5. The third kappa shape index (κ3) is 2.53. The van der Waals surface area contributed by atoms with E-state index in [0.717, 1.165) is 53.4 Å². The summed E-state index contributed by atoms with van der Waals surface area (Å²) in [6, 6.07) is 4.66. The van der Waals surface area contributed by atoms with Crippen LogP contribution in [0.15, 0.2) is 30.7 Å². The fourth-order valence-electron chi connectivity index (χ4n) is 4.64. The molecule has 1 N–H and O–H groups in total. The van der Waals surface area contributed by atoms with E-state index < -0.39 is 0 Å². The van der Waals surface area contributed by atoms with Crippen LogP contribution in [-0.2, 0) is 4.79 Å². The van der Waals surface area contributed by atoms with Crippen LogP contribution in [0.4, 0.5) is 5.69 Å². The Bertz CT molecular complexity index is 1100. The molecule has 6 rings (SSSR count). The fourth-order valence-corrected chi connectivity index (χ4v) is 4.93. The number of carbonyl (C=O) groups is 1. The van der Waals surface area contributed by atoms with E-state index >= 15 is 0 Å². The Morgan fingerprint density at radius 3 is 2.89 bits per heavy atom. The molecular formula is C20H21ClN6O. The van der Waals surface area contributed by atoms with Crippen molar-refractivity contribution in [3.63, 3.8) is 0 Å². The van der Waals surface area contributed by atoms with Crippen molar-refractivity contribution in [3.8, 4) is 5.69 Å². The van der Waals surface area contributed by atoms with E-state index in [1.807, 2.05) is 27.8 Å². The lowest BCUT2D eigenvalue weighted by Crippen LogP contribution is -2.29. The van der Waals surface area contributed by atoms with Crippen molar-refractivity contribution in [2.75, 3.05) is 24.5 Å². The van der Waals surface area contributed by atoms with Crippen molar-refractivity contribution in [1.29, 1.82) is 0 Å². The molecule has 0 bridgehead atoms. The van der Waals surface area contributed by atoms with Crippen LogP contribution >= 0.6 is 11.6 Å². The zero-order valence-corrected chi connectivity index (χ0v) is 16.2. The summed E-state index contributed by atoms with van der Waals surface area (Å²) < 4.78 is 3.97. The van der Waals surface area contributed by atoms with Crippen LogP contribution in [0.2, 0.25) is 5.02 Å². The second kappa shape index (κ2) is 5.73. The average molecular weight is 397 g/mol. The number of aromatic nitrogens is 4. The minimum absolute atomic E-state index is 0.0427. The highest BCUT2D eigenvalue weighted by molar-refractivity contribution is 6.34. The van der Waals surface area contributed by atoms with Gasteiger partial charge in [0.25, 0.3) is 0 Å². The van der Waals surface area contributed by atoms with Crippen LogP contribution in [0.3, 0.4) is 0 Å². The Labute approximate surface area is 167 Å². The number of carbonyl (C=O) groups excluding carboxylic acids is 1. The van der Waals surface area contributed by atoms with Gasteiger partial charge in [-0.05, 0) is 31.4 Å². The van der Waals surface area contributed by atoms with E-state index in [2.05, 4.69) is 32.7 Å². The Kier molecular flexibility index (Phi) is 3.36. The van der Waals surface area contributed by atoms with Gasteiger partial charge in [-0.2, -0.15) is 10.2 Å². The predicted octanol–water partition coefficient (Wildman–Crippen LogP) is 2.93. The molecule has 1 amide bonds. The molecule has 1 saturated carbocycles. The Balaban J connectivity index is 1.37. The van der Waals surface area contributed by atoms with E-state index in [9.17, 15) is 4.79 Å². The molecule has 0 radical (unpaired) electrons. The van der Waals surface area contributed by atoms with Crippen LogP contribution in [0.1, 0.15) is 31.7 Å². The third-order valence-electron chi connectivity index (χ3n) is 6.37. The number of hydrogen-bond acceptors (Lipinski definition) is 4. The van der Waals surface area contributed by atoms with Gasteiger partial charge in [-0.1, -0.05) is 11.6 Å². The first-order valence-electron chi connectivity index (χ1n) is 9.84. The van der Waals surface area contributed by atoms with E-state index in [-0.39, 0.29) is 11.3 Å². The van der Waals surface area contributed by atoms with Crippen molar-refractivity contribution in [3.05, 3.63) is 35.7 Å². The van der Waals surface area contributed by atoms with Gasteiger partial charge >= 0.3 is 0 Å². The van der Waals surface area contributed by atoms with Gasteiger partial charge < -0.3 is 10.2 Å². The summed E-state index contributed by atoms with van der Waals surface area (Å²) in [5.41, 5.74) is 3.05. The number of nitrogens with one attached hydrogen (secondary N) is 1. The first kappa shape index (κ1) is 16.4. The van der Waals surface area contributed by atoms with E-state index in [1.54, 1.807) is 0 Å². The number of halogens is 1. The van der Waals surface area contributed by atoms with E-state index in [0.29, 0.717) is 12.5 Å².